The molecule has 0 aromatic rings. The number of carbonyl (C=O) groups is 1. The molecule has 1 amide bonds. The van der Waals surface area contributed by atoms with Crippen molar-refractivity contribution < 1.29 is 9.53 Å². The highest BCUT2D eigenvalue weighted by Crippen LogP contribution is 2.11. The van der Waals surface area contributed by atoms with E-state index in [1.165, 1.54) is 44.9 Å². The first-order valence-electron chi connectivity index (χ1n) is 7.09. The highest BCUT2D eigenvalue weighted by molar-refractivity contribution is 5.66. The molecule has 0 spiro atoms. The van der Waals surface area contributed by atoms with Crippen molar-refractivity contribution in [2.45, 2.75) is 77.7 Å². The molecule has 0 heterocycles. The van der Waals surface area contributed by atoms with Gasteiger partial charge >= 0.3 is 6.09 Å². The Labute approximate surface area is 106 Å². The van der Waals surface area contributed by atoms with Gasteiger partial charge in [-0.25, -0.2) is 4.79 Å². The van der Waals surface area contributed by atoms with Gasteiger partial charge < -0.3 is 10.1 Å². The highest BCUT2D eigenvalue weighted by Gasteiger charge is 2.06. The van der Waals surface area contributed by atoms with Crippen molar-refractivity contribution in [3.05, 3.63) is 0 Å². The van der Waals surface area contributed by atoms with Crippen LogP contribution in [0.2, 0.25) is 0 Å². The van der Waals surface area contributed by atoms with E-state index < -0.39 is 0 Å². The summed E-state index contributed by atoms with van der Waals surface area (Å²) in [4.78, 5) is 10.9. The standard InChI is InChI=1S/C14H29NO2/c1-4-5-6-7-8-9-10-11-12-13(2)17-14(16)15-3/h13H,4-12H2,1-3H3,(H,15,16). The second-order valence-corrected chi connectivity index (χ2v) is 4.73. The van der Waals surface area contributed by atoms with E-state index in [1.54, 1.807) is 7.05 Å². The maximum Gasteiger partial charge on any atom is 0.407 e. The third-order valence-corrected chi connectivity index (χ3v) is 2.98. The number of nitrogens with one attached hydrogen (secondary N) is 1. The summed E-state index contributed by atoms with van der Waals surface area (Å²) in [5.74, 6) is 0. The molecule has 0 saturated heterocycles. The number of hydrogen-bond donors (Lipinski definition) is 1. The molecule has 3 nitrogen and oxygen atoms in total. The van der Waals surface area contributed by atoms with Crippen LogP contribution in [0.1, 0.15) is 71.6 Å². The van der Waals surface area contributed by atoms with Crippen molar-refractivity contribution in [1.82, 2.24) is 5.32 Å². The van der Waals surface area contributed by atoms with Crippen molar-refractivity contribution in [1.29, 1.82) is 0 Å². The van der Waals surface area contributed by atoms with Gasteiger partial charge in [-0.3, -0.25) is 0 Å². The van der Waals surface area contributed by atoms with Gasteiger partial charge in [0.05, 0.1) is 0 Å². The van der Waals surface area contributed by atoms with Gasteiger partial charge in [0.15, 0.2) is 0 Å². The molecular formula is C14H29NO2. The average molecular weight is 243 g/mol. The molecule has 1 N–H and O–H groups in total. The van der Waals surface area contributed by atoms with Gasteiger partial charge in [-0.05, 0) is 19.8 Å². The molecule has 3 heteroatoms. The van der Waals surface area contributed by atoms with E-state index in [0.717, 1.165) is 12.8 Å². The number of hydrogen-bond acceptors (Lipinski definition) is 2. The molecule has 0 aliphatic carbocycles. The van der Waals surface area contributed by atoms with Crippen LogP contribution in [0.3, 0.4) is 0 Å². The SMILES string of the molecule is CCCCCCCCCCC(C)OC(=O)NC. The van der Waals surface area contributed by atoms with Crippen LogP contribution in [0.15, 0.2) is 0 Å². The second kappa shape index (κ2) is 11.7. The molecule has 0 saturated carbocycles. The van der Waals surface area contributed by atoms with Gasteiger partial charge in [-0.1, -0.05) is 51.9 Å². The zero-order chi connectivity index (χ0) is 12.9. The van der Waals surface area contributed by atoms with Crippen LogP contribution in [0, 0.1) is 0 Å². The van der Waals surface area contributed by atoms with Crippen molar-refractivity contribution in [3.63, 3.8) is 0 Å². The number of rotatable bonds is 10. The molecule has 0 bridgehead atoms. The lowest BCUT2D eigenvalue weighted by atomic mass is 10.1. The monoisotopic (exact) mass is 243 g/mol. The molecule has 102 valence electrons. The summed E-state index contributed by atoms with van der Waals surface area (Å²) < 4.78 is 5.11. The number of ether oxygens (including phenoxy) is 1. The Hall–Kier alpha value is -0.730. The normalized spacial score (nSPS) is 12.2. The molecule has 17 heavy (non-hydrogen) atoms. The zero-order valence-corrected chi connectivity index (χ0v) is 11.8. The quantitative estimate of drug-likeness (QED) is 0.582. The molecule has 1 atom stereocenters. The van der Waals surface area contributed by atoms with Crippen LogP contribution in [0.5, 0.6) is 0 Å². The topological polar surface area (TPSA) is 38.3 Å². The number of alkyl carbamates (subject to hydrolysis) is 1. The Morgan fingerprint density at radius 2 is 1.59 bits per heavy atom. The van der Waals surface area contributed by atoms with E-state index in [2.05, 4.69) is 12.2 Å². The number of amides is 1. The first kappa shape index (κ1) is 16.3. The van der Waals surface area contributed by atoms with Crippen molar-refractivity contribution in [2.24, 2.45) is 0 Å². The lowest BCUT2D eigenvalue weighted by molar-refractivity contribution is 0.102. The first-order chi connectivity index (χ1) is 8.20. The average Bonchev–Trinajstić information content (AvgIpc) is 2.32. The maximum atomic E-state index is 10.9. The lowest BCUT2D eigenvalue weighted by Gasteiger charge is -2.12. The first-order valence-corrected chi connectivity index (χ1v) is 7.09. The van der Waals surface area contributed by atoms with Crippen molar-refractivity contribution in [3.8, 4) is 0 Å². The van der Waals surface area contributed by atoms with E-state index in [4.69, 9.17) is 4.74 Å². The molecule has 0 aliphatic rings. The Kier molecular flexibility index (Phi) is 11.2. The molecule has 0 aliphatic heterocycles. The molecule has 0 aromatic heterocycles. The largest absolute Gasteiger partial charge is 0.447 e. The van der Waals surface area contributed by atoms with Gasteiger partial charge in [0, 0.05) is 7.05 Å². The third-order valence-electron chi connectivity index (χ3n) is 2.98. The molecule has 0 rings (SSSR count). The maximum absolute atomic E-state index is 10.9. The fraction of sp³-hybridized carbons (Fsp3) is 0.929. The van der Waals surface area contributed by atoms with E-state index >= 15 is 0 Å². The van der Waals surface area contributed by atoms with E-state index in [9.17, 15) is 4.79 Å². The van der Waals surface area contributed by atoms with E-state index in [1.807, 2.05) is 6.92 Å². The number of unbranched alkanes of at least 4 members (excludes halogenated alkanes) is 7. The summed E-state index contributed by atoms with van der Waals surface area (Å²) in [6, 6.07) is 0. The van der Waals surface area contributed by atoms with Crippen molar-refractivity contribution >= 4 is 6.09 Å². The fourth-order valence-corrected chi connectivity index (χ4v) is 1.87. The van der Waals surface area contributed by atoms with Crippen LogP contribution in [0.4, 0.5) is 4.79 Å². The fourth-order valence-electron chi connectivity index (χ4n) is 1.87. The molecule has 0 fully saturated rings. The van der Waals surface area contributed by atoms with Gasteiger partial charge in [0.1, 0.15) is 6.10 Å². The minimum Gasteiger partial charge on any atom is -0.447 e. The Balaban J connectivity index is 3.19. The Morgan fingerprint density at radius 3 is 2.12 bits per heavy atom. The summed E-state index contributed by atoms with van der Waals surface area (Å²) in [5, 5.41) is 2.46. The van der Waals surface area contributed by atoms with Gasteiger partial charge in [-0.15, -0.1) is 0 Å². The Morgan fingerprint density at radius 1 is 1.06 bits per heavy atom. The summed E-state index contributed by atoms with van der Waals surface area (Å²) >= 11 is 0. The second-order valence-electron chi connectivity index (χ2n) is 4.73. The van der Waals surface area contributed by atoms with Crippen LogP contribution < -0.4 is 5.32 Å². The van der Waals surface area contributed by atoms with E-state index in [-0.39, 0.29) is 12.2 Å². The van der Waals surface area contributed by atoms with Crippen LogP contribution in [-0.4, -0.2) is 19.2 Å². The predicted octanol–water partition coefficient (Wildman–Crippen LogP) is 4.26. The van der Waals surface area contributed by atoms with Gasteiger partial charge in [0.2, 0.25) is 0 Å². The molecule has 0 radical (unpaired) electrons. The summed E-state index contributed by atoms with van der Waals surface area (Å²) in [6.45, 7) is 4.20. The van der Waals surface area contributed by atoms with Gasteiger partial charge in [0.25, 0.3) is 0 Å². The third kappa shape index (κ3) is 11.5. The Bertz CT molecular complexity index is 183. The smallest absolute Gasteiger partial charge is 0.407 e. The van der Waals surface area contributed by atoms with E-state index in [0.29, 0.717) is 0 Å². The minimum absolute atomic E-state index is 0.0371. The molecule has 0 aromatic carbocycles. The van der Waals surface area contributed by atoms with Crippen LogP contribution in [-0.2, 0) is 4.74 Å². The summed E-state index contributed by atoms with van der Waals surface area (Å²) in [6.07, 6.45) is 11.2. The van der Waals surface area contributed by atoms with Gasteiger partial charge in [-0.2, -0.15) is 0 Å². The highest BCUT2D eigenvalue weighted by atomic mass is 16.6. The predicted molar refractivity (Wildman–Crippen MR) is 72.2 cm³/mol. The lowest BCUT2D eigenvalue weighted by Crippen LogP contribution is -2.24. The summed E-state index contributed by atoms with van der Waals surface area (Å²) in [5.41, 5.74) is 0. The van der Waals surface area contributed by atoms with Crippen molar-refractivity contribution in [2.75, 3.05) is 7.05 Å². The van der Waals surface area contributed by atoms with Crippen LogP contribution in [0.25, 0.3) is 0 Å². The number of carbonyl (C=O) groups excluding carboxylic acids is 1. The zero-order valence-electron chi connectivity index (χ0n) is 11.8. The summed E-state index contributed by atoms with van der Waals surface area (Å²) in [7, 11) is 1.59. The minimum atomic E-state index is -0.322. The van der Waals surface area contributed by atoms with Crippen LogP contribution >= 0.6 is 0 Å². The molecular weight excluding hydrogens is 214 g/mol. The molecule has 1 unspecified atom stereocenters.